The van der Waals surface area contributed by atoms with Crippen LogP contribution in [0, 0.1) is 0 Å². The number of nitrogens with zero attached hydrogens (tertiary/aromatic N) is 3. The van der Waals surface area contributed by atoms with Gasteiger partial charge >= 0.3 is 0 Å². The van der Waals surface area contributed by atoms with E-state index >= 15 is 0 Å². The third kappa shape index (κ3) is 3.29. The standard InChI is InChI=1S/C28H18N4O2/c33-27-23-24(26(32-27)22-7-3-18(4-8-22)20-11-15-30-16-12-20)28(34)31-25(23)21-5-1-17(2-6-21)19-9-13-29-14-10-19/h1-16,31,34H. The lowest BCUT2D eigenvalue weighted by atomic mass is 9.97. The van der Waals surface area contributed by atoms with E-state index < -0.39 is 0 Å². The van der Waals surface area contributed by atoms with Crippen LogP contribution in [0.1, 0.15) is 21.5 Å². The van der Waals surface area contributed by atoms with Gasteiger partial charge in [0.05, 0.1) is 22.5 Å². The Bertz CT molecular complexity index is 1540. The first-order valence-corrected chi connectivity index (χ1v) is 10.8. The van der Waals surface area contributed by atoms with E-state index in [0.717, 1.165) is 33.4 Å². The number of carbonyl (C=O) groups is 1. The minimum Gasteiger partial charge on any atom is -0.494 e. The number of amides is 1. The lowest BCUT2D eigenvalue weighted by Gasteiger charge is -2.05. The van der Waals surface area contributed by atoms with E-state index in [-0.39, 0.29) is 11.8 Å². The fourth-order valence-electron chi connectivity index (χ4n) is 4.31. The van der Waals surface area contributed by atoms with E-state index in [4.69, 9.17) is 0 Å². The number of fused-ring (bicyclic) bond motifs is 1. The van der Waals surface area contributed by atoms with Crippen LogP contribution in [0.3, 0.4) is 0 Å². The molecule has 0 atom stereocenters. The van der Waals surface area contributed by atoms with Gasteiger partial charge in [-0.2, -0.15) is 0 Å². The maximum Gasteiger partial charge on any atom is 0.280 e. The Morgan fingerprint density at radius 3 is 1.53 bits per heavy atom. The van der Waals surface area contributed by atoms with Gasteiger partial charge in [0.2, 0.25) is 0 Å². The van der Waals surface area contributed by atoms with E-state index in [1.54, 1.807) is 24.8 Å². The Kier molecular flexibility index (Phi) is 4.63. The third-order valence-corrected chi connectivity index (χ3v) is 6.00. The molecule has 0 saturated carbocycles. The molecule has 0 fully saturated rings. The van der Waals surface area contributed by atoms with E-state index in [9.17, 15) is 9.90 Å². The highest BCUT2D eigenvalue weighted by atomic mass is 16.3. The highest BCUT2D eigenvalue weighted by Crippen LogP contribution is 2.38. The van der Waals surface area contributed by atoms with Crippen LogP contribution in [0.15, 0.2) is 103 Å². The molecule has 6 nitrogen and oxygen atoms in total. The summed E-state index contributed by atoms with van der Waals surface area (Å²) in [5, 5.41) is 10.7. The molecule has 2 aromatic carbocycles. The fraction of sp³-hybridized carbons (Fsp3) is 0. The first-order chi connectivity index (χ1) is 16.7. The average Bonchev–Trinajstić information content (AvgIpc) is 3.43. The van der Waals surface area contributed by atoms with Crippen molar-refractivity contribution in [2.45, 2.75) is 0 Å². The van der Waals surface area contributed by atoms with Crippen LogP contribution in [0.2, 0.25) is 0 Å². The first kappa shape index (κ1) is 19.8. The Morgan fingerprint density at radius 2 is 1.00 bits per heavy atom. The number of aromatic amines is 1. The average molecular weight is 442 g/mol. The third-order valence-electron chi connectivity index (χ3n) is 6.00. The summed E-state index contributed by atoms with van der Waals surface area (Å²) in [5.41, 5.74) is 7.59. The van der Waals surface area contributed by atoms with Gasteiger partial charge in [0.1, 0.15) is 0 Å². The SMILES string of the molecule is O=C1N=C(c2ccc(-c3ccncc3)cc2)c2c(O)[nH]c(-c3ccc(-c4ccncc4)cc3)c21. The summed E-state index contributed by atoms with van der Waals surface area (Å²) in [7, 11) is 0. The molecular weight excluding hydrogens is 424 g/mol. The lowest BCUT2D eigenvalue weighted by Crippen LogP contribution is -1.99. The number of aromatic hydroxyl groups is 1. The monoisotopic (exact) mass is 442 g/mol. The second-order valence-corrected chi connectivity index (χ2v) is 7.99. The quantitative estimate of drug-likeness (QED) is 0.384. The van der Waals surface area contributed by atoms with Gasteiger partial charge < -0.3 is 10.1 Å². The summed E-state index contributed by atoms with van der Waals surface area (Å²) >= 11 is 0. The summed E-state index contributed by atoms with van der Waals surface area (Å²) in [6.07, 6.45) is 7.00. The number of aliphatic imine (C=N–C) groups is 1. The topological polar surface area (TPSA) is 91.2 Å². The molecule has 3 aromatic heterocycles. The van der Waals surface area contributed by atoms with Crippen molar-refractivity contribution in [2.24, 2.45) is 4.99 Å². The number of hydrogen-bond acceptors (Lipinski definition) is 4. The summed E-state index contributed by atoms with van der Waals surface area (Å²) < 4.78 is 0. The molecule has 2 N–H and O–H groups in total. The highest BCUT2D eigenvalue weighted by Gasteiger charge is 2.33. The highest BCUT2D eigenvalue weighted by molar-refractivity contribution is 6.30. The van der Waals surface area contributed by atoms with Gasteiger partial charge in [-0.3, -0.25) is 14.8 Å². The molecule has 0 unspecified atom stereocenters. The van der Waals surface area contributed by atoms with Gasteiger partial charge in [-0.25, -0.2) is 4.99 Å². The maximum absolute atomic E-state index is 12.9. The summed E-state index contributed by atoms with van der Waals surface area (Å²) in [6.45, 7) is 0. The van der Waals surface area contributed by atoms with Crippen LogP contribution in [-0.4, -0.2) is 31.7 Å². The van der Waals surface area contributed by atoms with Crippen molar-refractivity contribution in [3.8, 4) is 39.4 Å². The number of carbonyl (C=O) groups excluding carboxylic acids is 1. The zero-order chi connectivity index (χ0) is 23.1. The van der Waals surface area contributed by atoms with E-state index in [1.807, 2.05) is 72.8 Å². The second kappa shape index (κ2) is 7.94. The molecule has 6 rings (SSSR count). The Morgan fingerprint density at radius 1 is 0.559 bits per heavy atom. The summed E-state index contributed by atoms with van der Waals surface area (Å²) in [6, 6.07) is 23.3. The molecule has 162 valence electrons. The molecule has 1 aliphatic rings. The van der Waals surface area contributed by atoms with Crippen LogP contribution >= 0.6 is 0 Å². The smallest absolute Gasteiger partial charge is 0.280 e. The van der Waals surface area contributed by atoms with Gasteiger partial charge in [-0.1, -0.05) is 48.5 Å². The molecule has 0 spiro atoms. The van der Waals surface area contributed by atoms with Gasteiger partial charge in [0, 0.05) is 30.4 Å². The number of hydrogen-bond donors (Lipinski definition) is 2. The van der Waals surface area contributed by atoms with Crippen LogP contribution in [-0.2, 0) is 0 Å². The fourth-order valence-corrected chi connectivity index (χ4v) is 4.31. The van der Waals surface area contributed by atoms with Crippen LogP contribution in [0.5, 0.6) is 5.88 Å². The van der Waals surface area contributed by atoms with Crippen LogP contribution < -0.4 is 0 Å². The van der Waals surface area contributed by atoms with Crippen molar-refractivity contribution < 1.29 is 9.90 Å². The largest absolute Gasteiger partial charge is 0.494 e. The second-order valence-electron chi connectivity index (χ2n) is 7.99. The molecule has 5 aromatic rings. The molecule has 0 bridgehead atoms. The number of aromatic nitrogens is 3. The Labute approximate surface area is 195 Å². The maximum atomic E-state index is 12.9. The molecular formula is C28H18N4O2. The molecule has 0 aliphatic carbocycles. The molecule has 4 heterocycles. The number of rotatable bonds is 4. The Balaban J connectivity index is 1.35. The molecule has 1 aliphatic heterocycles. The van der Waals surface area contributed by atoms with Crippen LogP contribution in [0.25, 0.3) is 33.5 Å². The molecule has 34 heavy (non-hydrogen) atoms. The normalized spacial score (nSPS) is 12.5. The number of H-pyrrole nitrogens is 1. The number of nitrogens with one attached hydrogen (secondary N) is 1. The van der Waals surface area contributed by atoms with Crippen molar-refractivity contribution >= 4 is 11.6 Å². The predicted octanol–water partition coefficient (Wildman–Crippen LogP) is 5.50. The summed E-state index contributed by atoms with van der Waals surface area (Å²) in [5.74, 6) is -0.431. The number of benzene rings is 2. The molecule has 0 saturated heterocycles. The van der Waals surface area contributed by atoms with Crippen molar-refractivity contribution in [2.75, 3.05) is 0 Å². The molecule has 6 heteroatoms. The lowest BCUT2D eigenvalue weighted by molar-refractivity contribution is 0.101. The molecule has 1 amide bonds. The van der Waals surface area contributed by atoms with E-state index in [0.29, 0.717) is 22.5 Å². The minimum absolute atomic E-state index is 0.0639. The van der Waals surface area contributed by atoms with Crippen molar-refractivity contribution in [1.29, 1.82) is 0 Å². The number of pyridine rings is 2. The van der Waals surface area contributed by atoms with Crippen LogP contribution in [0.4, 0.5) is 0 Å². The van der Waals surface area contributed by atoms with Gasteiger partial charge in [-0.05, 0) is 52.1 Å². The predicted molar refractivity (Wildman–Crippen MR) is 131 cm³/mol. The van der Waals surface area contributed by atoms with Crippen molar-refractivity contribution in [3.05, 3.63) is 114 Å². The zero-order valence-corrected chi connectivity index (χ0v) is 17.9. The molecule has 0 radical (unpaired) electrons. The first-order valence-electron chi connectivity index (χ1n) is 10.8. The van der Waals surface area contributed by atoms with Crippen molar-refractivity contribution in [3.63, 3.8) is 0 Å². The van der Waals surface area contributed by atoms with E-state index in [1.165, 1.54) is 0 Å². The van der Waals surface area contributed by atoms with E-state index in [2.05, 4.69) is 19.9 Å². The van der Waals surface area contributed by atoms with Gasteiger partial charge in [0.25, 0.3) is 5.91 Å². The summed E-state index contributed by atoms with van der Waals surface area (Å²) in [4.78, 5) is 28.3. The zero-order valence-electron chi connectivity index (χ0n) is 17.9. The van der Waals surface area contributed by atoms with Gasteiger partial charge in [0.15, 0.2) is 5.88 Å². The minimum atomic E-state index is -0.368. The Hall–Kier alpha value is -4.84. The van der Waals surface area contributed by atoms with Gasteiger partial charge in [-0.15, -0.1) is 0 Å². The van der Waals surface area contributed by atoms with Crippen molar-refractivity contribution in [1.82, 2.24) is 15.0 Å².